The Hall–Kier alpha value is -2.28. The van der Waals surface area contributed by atoms with Crippen LogP contribution in [-0.2, 0) is 19.6 Å². The van der Waals surface area contributed by atoms with Crippen molar-refractivity contribution in [3.8, 4) is 0 Å². The highest BCUT2D eigenvalue weighted by molar-refractivity contribution is 5.95. The number of rotatable bonds is 3. The molecule has 0 amide bonds. The van der Waals surface area contributed by atoms with E-state index >= 15 is 0 Å². The van der Waals surface area contributed by atoms with Crippen LogP contribution >= 0.6 is 0 Å². The second kappa shape index (κ2) is 5.01. The summed E-state index contributed by atoms with van der Waals surface area (Å²) < 4.78 is 16.2. The number of nitrogens with one attached hydrogen (secondary N) is 1. The van der Waals surface area contributed by atoms with Crippen molar-refractivity contribution in [3.05, 3.63) is 47.3 Å². The Morgan fingerprint density at radius 2 is 2.25 bits per heavy atom. The van der Waals surface area contributed by atoms with Crippen molar-refractivity contribution in [2.24, 2.45) is 5.73 Å². The van der Waals surface area contributed by atoms with E-state index in [9.17, 15) is 4.39 Å². The molecule has 7 heteroatoms. The molecule has 1 aliphatic rings. The molecule has 1 aromatic heterocycles. The zero-order chi connectivity index (χ0) is 14.1. The number of aromatic nitrogens is 3. The number of nitrogens with two attached hydrogens (primary N) is 1. The van der Waals surface area contributed by atoms with Gasteiger partial charge in [0, 0.05) is 25.2 Å². The van der Waals surface area contributed by atoms with Gasteiger partial charge in [0.25, 0.3) is 0 Å². The first kappa shape index (κ1) is 12.7. The number of fused-ring (bicyclic) bond motifs is 1. The zero-order valence-electron chi connectivity index (χ0n) is 10.9. The molecule has 0 fully saturated rings. The normalized spacial score (nSPS) is 15.1. The van der Waals surface area contributed by atoms with E-state index in [-0.39, 0.29) is 11.4 Å². The molecular weight excluding hydrogens is 259 g/mol. The second-order valence-electron chi connectivity index (χ2n) is 4.84. The van der Waals surface area contributed by atoms with Gasteiger partial charge in [-0.25, -0.2) is 4.39 Å². The molecule has 2 heterocycles. The first-order valence-corrected chi connectivity index (χ1v) is 6.36. The van der Waals surface area contributed by atoms with Crippen molar-refractivity contribution in [2.75, 3.05) is 6.54 Å². The molecule has 104 valence electrons. The fourth-order valence-corrected chi connectivity index (χ4v) is 2.40. The maximum atomic E-state index is 14.2. The van der Waals surface area contributed by atoms with E-state index in [0.717, 1.165) is 18.9 Å². The third-order valence-electron chi connectivity index (χ3n) is 3.48. The fraction of sp³-hybridized carbons (Fsp3) is 0.308. The van der Waals surface area contributed by atoms with Gasteiger partial charge in [0.1, 0.15) is 23.8 Å². The van der Waals surface area contributed by atoms with Crippen molar-refractivity contribution in [1.82, 2.24) is 19.7 Å². The van der Waals surface area contributed by atoms with Gasteiger partial charge >= 0.3 is 0 Å². The molecule has 0 saturated heterocycles. The number of hydrogen-bond acceptors (Lipinski definition) is 4. The predicted molar refractivity (Wildman–Crippen MR) is 71.6 cm³/mol. The number of nitrogen functional groups attached to an aromatic ring is 1. The summed E-state index contributed by atoms with van der Waals surface area (Å²) in [5, 5.41) is 15.3. The largest absolute Gasteiger partial charge is 0.384 e. The standard InChI is InChI=1S/C13H15FN6/c14-12-9(2-1-3-10(12)13(15)16)6-19-4-5-20-8-17-18-11(20)7-19/h1-3,8H,4-7H2,(H3,15,16). The Balaban J connectivity index is 1.79. The third-order valence-corrected chi connectivity index (χ3v) is 3.48. The van der Waals surface area contributed by atoms with E-state index in [1.54, 1.807) is 18.5 Å². The second-order valence-corrected chi connectivity index (χ2v) is 4.84. The Morgan fingerprint density at radius 1 is 1.40 bits per heavy atom. The monoisotopic (exact) mass is 274 g/mol. The van der Waals surface area contributed by atoms with Gasteiger partial charge in [-0.3, -0.25) is 10.3 Å². The Bertz CT molecular complexity index is 650. The van der Waals surface area contributed by atoms with Gasteiger partial charge < -0.3 is 10.3 Å². The highest BCUT2D eigenvalue weighted by Crippen LogP contribution is 2.17. The predicted octanol–water partition coefficient (Wildman–Crippen LogP) is 0.717. The smallest absolute Gasteiger partial charge is 0.147 e. The van der Waals surface area contributed by atoms with Crippen LogP contribution in [-0.4, -0.2) is 32.0 Å². The summed E-state index contributed by atoms with van der Waals surface area (Å²) >= 11 is 0. The molecule has 6 nitrogen and oxygen atoms in total. The van der Waals surface area contributed by atoms with Crippen LogP contribution in [0.25, 0.3) is 0 Å². The third kappa shape index (κ3) is 2.27. The molecule has 20 heavy (non-hydrogen) atoms. The molecule has 0 atom stereocenters. The molecule has 0 bridgehead atoms. The average molecular weight is 274 g/mol. The molecule has 0 unspecified atom stereocenters. The highest BCUT2D eigenvalue weighted by Gasteiger charge is 2.19. The van der Waals surface area contributed by atoms with Gasteiger partial charge in [-0.1, -0.05) is 12.1 Å². The molecule has 0 radical (unpaired) electrons. The zero-order valence-corrected chi connectivity index (χ0v) is 10.9. The van der Waals surface area contributed by atoms with Crippen LogP contribution in [0.3, 0.4) is 0 Å². The molecule has 1 aromatic carbocycles. The molecule has 3 N–H and O–H groups in total. The van der Waals surface area contributed by atoms with Crippen LogP contribution in [0.5, 0.6) is 0 Å². The minimum absolute atomic E-state index is 0.155. The van der Waals surface area contributed by atoms with Crippen molar-refractivity contribution < 1.29 is 4.39 Å². The van der Waals surface area contributed by atoms with Crippen LogP contribution in [0.4, 0.5) is 4.39 Å². The summed E-state index contributed by atoms with van der Waals surface area (Å²) in [5.41, 5.74) is 6.08. The van der Waals surface area contributed by atoms with Gasteiger partial charge in [-0.15, -0.1) is 10.2 Å². The lowest BCUT2D eigenvalue weighted by molar-refractivity contribution is 0.206. The Kier molecular flexibility index (Phi) is 3.19. The van der Waals surface area contributed by atoms with Gasteiger partial charge in [-0.05, 0) is 6.07 Å². The number of nitrogens with zero attached hydrogens (tertiary/aromatic N) is 4. The maximum Gasteiger partial charge on any atom is 0.147 e. The number of halogens is 1. The van der Waals surface area contributed by atoms with E-state index in [1.165, 1.54) is 6.07 Å². The molecular formula is C13H15FN6. The first-order chi connectivity index (χ1) is 9.65. The molecule has 0 saturated carbocycles. The summed E-state index contributed by atoms with van der Waals surface area (Å²) in [6, 6.07) is 4.97. The maximum absolute atomic E-state index is 14.2. The molecule has 3 rings (SSSR count). The van der Waals surface area contributed by atoms with E-state index in [2.05, 4.69) is 15.1 Å². The lowest BCUT2D eigenvalue weighted by Crippen LogP contribution is -2.33. The number of hydrogen-bond donors (Lipinski definition) is 2. The summed E-state index contributed by atoms with van der Waals surface area (Å²) in [5.74, 6) is 0.231. The molecule has 1 aliphatic heterocycles. The quantitative estimate of drug-likeness (QED) is 0.638. The lowest BCUT2D eigenvalue weighted by Gasteiger charge is -2.27. The number of amidine groups is 1. The van der Waals surface area contributed by atoms with Crippen LogP contribution in [0.2, 0.25) is 0 Å². The van der Waals surface area contributed by atoms with Crippen molar-refractivity contribution >= 4 is 5.84 Å². The van der Waals surface area contributed by atoms with Crippen molar-refractivity contribution in [1.29, 1.82) is 5.41 Å². The molecule has 0 aliphatic carbocycles. The lowest BCUT2D eigenvalue weighted by atomic mass is 10.1. The summed E-state index contributed by atoms with van der Waals surface area (Å²) in [4.78, 5) is 2.10. The fourth-order valence-electron chi connectivity index (χ4n) is 2.40. The Labute approximate surface area is 115 Å². The number of benzene rings is 1. The van der Waals surface area contributed by atoms with Crippen molar-refractivity contribution in [3.63, 3.8) is 0 Å². The van der Waals surface area contributed by atoms with Crippen LogP contribution in [0.1, 0.15) is 17.0 Å². The summed E-state index contributed by atoms with van der Waals surface area (Å²) in [6.07, 6.45) is 1.71. The van der Waals surface area contributed by atoms with E-state index in [1.807, 2.05) is 4.57 Å². The minimum Gasteiger partial charge on any atom is -0.384 e. The highest BCUT2D eigenvalue weighted by atomic mass is 19.1. The molecule has 0 spiro atoms. The summed E-state index contributed by atoms with van der Waals surface area (Å²) in [7, 11) is 0. The van der Waals surface area contributed by atoms with Gasteiger partial charge in [0.05, 0.1) is 12.1 Å². The van der Waals surface area contributed by atoms with Gasteiger partial charge in [-0.2, -0.15) is 0 Å². The van der Waals surface area contributed by atoms with E-state index in [4.69, 9.17) is 11.1 Å². The molecule has 2 aromatic rings. The summed E-state index contributed by atoms with van der Waals surface area (Å²) in [6.45, 7) is 2.73. The van der Waals surface area contributed by atoms with Crippen LogP contribution in [0, 0.1) is 11.2 Å². The topological polar surface area (TPSA) is 83.8 Å². The van der Waals surface area contributed by atoms with E-state index < -0.39 is 5.82 Å². The van der Waals surface area contributed by atoms with Crippen LogP contribution in [0.15, 0.2) is 24.5 Å². The Morgan fingerprint density at radius 3 is 3.05 bits per heavy atom. The van der Waals surface area contributed by atoms with E-state index in [0.29, 0.717) is 18.7 Å². The average Bonchev–Trinajstić information content (AvgIpc) is 2.88. The van der Waals surface area contributed by atoms with Crippen molar-refractivity contribution in [2.45, 2.75) is 19.6 Å². The first-order valence-electron chi connectivity index (χ1n) is 6.36. The van der Waals surface area contributed by atoms with Gasteiger partial charge in [0.15, 0.2) is 0 Å². The van der Waals surface area contributed by atoms with Crippen LogP contribution < -0.4 is 5.73 Å². The SMILES string of the molecule is N=C(N)c1cccc(CN2CCn3cnnc3C2)c1F. The minimum atomic E-state index is -0.410. The van der Waals surface area contributed by atoms with Gasteiger partial charge in [0.2, 0.25) is 0 Å².